The molecule has 0 saturated carbocycles. The Labute approximate surface area is 128 Å². The third-order valence-corrected chi connectivity index (χ3v) is 5.44. The minimum absolute atomic E-state index is 0.251. The van der Waals surface area contributed by atoms with E-state index in [2.05, 4.69) is 49.9 Å². The lowest BCUT2D eigenvalue weighted by Crippen LogP contribution is -2.49. The van der Waals surface area contributed by atoms with Crippen LogP contribution < -0.4 is 5.73 Å². The summed E-state index contributed by atoms with van der Waals surface area (Å²) >= 11 is 0. The molecule has 2 unspecified atom stereocenters. The Morgan fingerprint density at radius 1 is 1.29 bits per heavy atom. The summed E-state index contributed by atoms with van der Waals surface area (Å²) in [5.41, 5.74) is 6.91. The van der Waals surface area contributed by atoms with Gasteiger partial charge in [-0.15, -0.1) is 0 Å². The average Bonchev–Trinajstić information content (AvgIpc) is 2.92. The van der Waals surface area contributed by atoms with Gasteiger partial charge in [-0.2, -0.15) is 0 Å². The lowest BCUT2D eigenvalue weighted by atomic mass is 9.80. The molecule has 1 heterocycles. The number of nitrogens with zero attached hydrogens (tertiary/aromatic N) is 1. The third-order valence-electron chi connectivity index (χ3n) is 5.44. The summed E-state index contributed by atoms with van der Waals surface area (Å²) in [6.45, 7) is 7.61. The van der Waals surface area contributed by atoms with Crippen LogP contribution in [-0.2, 0) is 4.79 Å². The number of rotatable bonds is 5. The number of likely N-dealkylation sites (tertiary alicyclic amines) is 1. The van der Waals surface area contributed by atoms with Crippen LogP contribution in [0.4, 0.5) is 0 Å². The molecular weight excluding hydrogens is 260 g/mol. The molecule has 2 atom stereocenters. The van der Waals surface area contributed by atoms with Crippen molar-refractivity contribution in [2.75, 3.05) is 13.1 Å². The van der Waals surface area contributed by atoms with E-state index in [0.29, 0.717) is 12.5 Å². The maximum atomic E-state index is 13.0. The molecule has 0 spiro atoms. The van der Waals surface area contributed by atoms with E-state index in [-0.39, 0.29) is 17.4 Å². The first-order chi connectivity index (χ1) is 10.1. The molecule has 3 heteroatoms. The topological polar surface area (TPSA) is 46.3 Å². The van der Waals surface area contributed by atoms with Gasteiger partial charge in [-0.25, -0.2) is 0 Å². The molecule has 1 fully saturated rings. The first-order valence-corrected chi connectivity index (χ1v) is 8.15. The van der Waals surface area contributed by atoms with Crippen molar-refractivity contribution in [1.29, 1.82) is 0 Å². The lowest BCUT2D eigenvalue weighted by Gasteiger charge is -2.36. The molecule has 2 rings (SSSR count). The van der Waals surface area contributed by atoms with Crippen LogP contribution in [0.1, 0.15) is 51.5 Å². The minimum atomic E-state index is -0.375. The summed E-state index contributed by atoms with van der Waals surface area (Å²) in [4.78, 5) is 15.1. The number of carbonyl (C=O) groups excluding carboxylic acids is 1. The molecule has 0 radical (unpaired) electrons. The van der Waals surface area contributed by atoms with Crippen LogP contribution in [0.2, 0.25) is 0 Å². The predicted molar refractivity (Wildman–Crippen MR) is 87.0 cm³/mol. The van der Waals surface area contributed by atoms with Crippen molar-refractivity contribution in [3.63, 3.8) is 0 Å². The SMILES string of the molecule is CCC(CC)(CN)C(=O)N1CCC(c2ccccc2)C1C. The standard InChI is InChI=1S/C18H28N2O/c1-4-18(5-2,13-19)17(21)20-12-11-16(14(20)3)15-9-7-6-8-10-15/h6-10,14,16H,4-5,11-13,19H2,1-3H3. The molecule has 0 aromatic heterocycles. The molecule has 0 bridgehead atoms. The van der Waals surface area contributed by atoms with Crippen molar-refractivity contribution < 1.29 is 4.79 Å². The van der Waals surface area contributed by atoms with E-state index >= 15 is 0 Å². The van der Waals surface area contributed by atoms with Crippen molar-refractivity contribution in [2.24, 2.45) is 11.1 Å². The van der Waals surface area contributed by atoms with Crippen molar-refractivity contribution in [3.05, 3.63) is 35.9 Å². The quantitative estimate of drug-likeness (QED) is 0.904. The third kappa shape index (κ3) is 2.84. The highest BCUT2D eigenvalue weighted by atomic mass is 16.2. The van der Waals surface area contributed by atoms with Gasteiger partial charge in [0, 0.05) is 25.0 Å². The predicted octanol–water partition coefficient (Wildman–Crippen LogP) is 3.16. The van der Waals surface area contributed by atoms with Gasteiger partial charge in [-0.05, 0) is 31.7 Å². The molecule has 1 amide bonds. The monoisotopic (exact) mass is 288 g/mol. The Hall–Kier alpha value is -1.35. The zero-order valence-electron chi connectivity index (χ0n) is 13.5. The van der Waals surface area contributed by atoms with Gasteiger partial charge in [0.25, 0.3) is 0 Å². The normalized spacial score (nSPS) is 22.6. The zero-order chi connectivity index (χ0) is 15.5. The van der Waals surface area contributed by atoms with Crippen LogP contribution in [0.25, 0.3) is 0 Å². The van der Waals surface area contributed by atoms with Gasteiger partial charge in [-0.3, -0.25) is 4.79 Å². The van der Waals surface area contributed by atoms with Gasteiger partial charge in [0.2, 0.25) is 5.91 Å². The average molecular weight is 288 g/mol. The summed E-state index contributed by atoms with van der Waals surface area (Å²) in [7, 11) is 0. The van der Waals surface area contributed by atoms with Crippen molar-refractivity contribution in [2.45, 2.75) is 52.0 Å². The molecule has 116 valence electrons. The van der Waals surface area contributed by atoms with Gasteiger partial charge < -0.3 is 10.6 Å². The van der Waals surface area contributed by atoms with Gasteiger partial charge in [0.1, 0.15) is 0 Å². The molecule has 1 aromatic carbocycles. The molecular formula is C18H28N2O. The van der Waals surface area contributed by atoms with Crippen LogP contribution in [0.5, 0.6) is 0 Å². The second kappa shape index (κ2) is 6.61. The molecule has 1 aliphatic heterocycles. The fourth-order valence-corrected chi connectivity index (χ4v) is 3.61. The highest BCUT2D eigenvalue weighted by Gasteiger charge is 2.42. The van der Waals surface area contributed by atoms with Crippen LogP contribution in [0, 0.1) is 5.41 Å². The Kier molecular flexibility index (Phi) is 5.04. The molecule has 21 heavy (non-hydrogen) atoms. The Morgan fingerprint density at radius 3 is 2.43 bits per heavy atom. The summed E-state index contributed by atoms with van der Waals surface area (Å²) in [5.74, 6) is 0.695. The lowest BCUT2D eigenvalue weighted by molar-refractivity contribution is -0.142. The van der Waals surface area contributed by atoms with E-state index in [0.717, 1.165) is 25.8 Å². The fraction of sp³-hybridized carbons (Fsp3) is 0.611. The number of carbonyl (C=O) groups is 1. The number of nitrogens with two attached hydrogens (primary N) is 1. The molecule has 3 nitrogen and oxygen atoms in total. The first-order valence-electron chi connectivity index (χ1n) is 8.15. The molecule has 1 aliphatic rings. The van der Waals surface area contributed by atoms with Crippen molar-refractivity contribution in [1.82, 2.24) is 4.90 Å². The van der Waals surface area contributed by atoms with E-state index in [1.54, 1.807) is 0 Å². The molecule has 1 aromatic rings. The molecule has 2 N–H and O–H groups in total. The smallest absolute Gasteiger partial charge is 0.230 e. The van der Waals surface area contributed by atoms with Gasteiger partial charge >= 0.3 is 0 Å². The summed E-state index contributed by atoms with van der Waals surface area (Å²) in [5, 5.41) is 0. The van der Waals surface area contributed by atoms with E-state index in [9.17, 15) is 4.79 Å². The highest BCUT2D eigenvalue weighted by molar-refractivity contribution is 5.83. The second-order valence-corrected chi connectivity index (χ2v) is 6.24. The number of amides is 1. The van der Waals surface area contributed by atoms with E-state index in [4.69, 9.17) is 5.73 Å². The second-order valence-electron chi connectivity index (χ2n) is 6.24. The van der Waals surface area contributed by atoms with Crippen LogP contribution in [0.15, 0.2) is 30.3 Å². The van der Waals surface area contributed by atoms with Gasteiger partial charge in [0.05, 0.1) is 5.41 Å². The van der Waals surface area contributed by atoms with Crippen LogP contribution >= 0.6 is 0 Å². The summed E-state index contributed by atoms with van der Waals surface area (Å²) in [6.07, 6.45) is 2.68. The number of hydrogen-bond donors (Lipinski definition) is 1. The highest BCUT2D eigenvalue weighted by Crippen LogP contribution is 2.37. The number of benzene rings is 1. The molecule has 1 saturated heterocycles. The van der Waals surface area contributed by atoms with Crippen molar-refractivity contribution >= 4 is 5.91 Å². The van der Waals surface area contributed by atoms with Crippen LogP contribution in [-0.4, -0.2) is 29.9 Å². The van der Waals surface area contributed by atoms with E-state index < -0.39 is 0 Å². The zero-order valence-corrected chi connectivity index (χ0v) is 13.5. The van der Waals surface area contributed by atoms with Crippen LogP contribution in [0.3, 0.4) is 0 Å². The van der Waals surface area contributed by atoms with Crippen molar-refractivity contribution in [3.8, 4) is 0 Å². The maximum absolute atomic E-state index is 13.0. The van der Waals surface area contributed by atoms with E-state index in [1.165, 1.54) is 5.56 Å². The maximum Gasteiger partial charge on any atom is 0.230 e. The van der Waals surface area contributed by atoms with Gasteiger partial charge in [-0.1, -0.05) is 44.2 Å². The van der Waals surface area contributed by atoms with E-state index in [1.807, 2.05) is 6.07 Å². The Bertz CT molecular complexity index is 459. The first kappa shape index (κ1) is 16.0. The molecule has 0 aliphatic carbocycles. The Morgan fingerprint density at radius 2 is 1.90 bits per heavy atom. The minimum Gasteiger partial charge on any atom is -0.339 e. The summed E-state index contributed by atoms with van der Waals surface area (Å²) in [6, 6.07) is 10.8. The summed E-state index contributed by atoms with van der Waals surface area (Å²) < 4.78 is 0. The largest absolute Gasteiger partial charge is 0.339 e. The Balaban J connectivity index is 2.18. The fourth-order valence-electron chi connectivity index (χ4n) is 3.61. The van der Waals surface area contributed by atoms with Gasteiger partial charge in [0.15, 0.2) is 0 Å². The number of hydrogen-bond acceptors (Lipinski definition) is 2.